The standard InChI is InChI=1S/C29H60O2/c1-3-5-7-8-9-10-11-12-13-14-15-16-17-18-19-20-21-22-24-26-29(31)27-28(30)25-23-6-4-2/h28-31H,3-27H2,1-2H3/t28-,29+/m1/s1. The predicted octanol–water partition coefficient (Wildman–Crippen LogP) is 9.50. The molecule has 0 bridgehead atoms. The topological polar surface area (TPSA) is 40.5 Å². The monoisotopic (exact) mass is 440 g/mol. The lowest BCUT2D eigenvalue weighted by Crippen LogP contribution is -2.17. The first-order valence-corrected chi connectivity index (χ1v) is 14.6. The summed E-state index contributed by atoms with van der Waals surface area (Å²) < 4.78 is 0. The van der Waals surface area contributed by atoms with Crippen molar-refractivity contribution in [2.24, 2.45) is 0 Å². The molecule has 0 unspecified atom stereocenters. The Morgan fingerprint density at radius 2 is 0.581 bits per heavy atom. The van der Waals surface area contributed by atoms with E-state index in [0.717, 1.165) is 25.7 Å². The molecule has 0 fully saturated rings. The molecule has 2 heteroatoms. The summed E-state index contributed by atoms with van der Waals surface area (Å²) in [7, 11) is 0. The number of aliphatic hydroxyl groups excluding tert-OH is 2. The summed E-state index contributed by atoms with van der Waals surface area (Å²) in [6.07, 6.45) is 31.7. The second-order valence-electron chi connectivity index (χ2n) is 10.2. The average molecular weight is 441 g/mol. The Hall–Kier alpha value is -0.0800. The average Bonchev–Trinajstić information content (AvgIpc) is 2.75. The van der Waals surface area contributed by atoms with Gasteiger partial charge in [-0.05, 0) is 19.3 Å². The van der Waals surface area contributed by atoms with Crippen LogP contribution in [0.25, 0.3) is 0 Å². The van der Waals surface area contributed by atoms with Crippen LogP contribution in [0.4, 0.5) is 0 Å². The molecule has 0 aliphatic heterocycles. The van der Waals surface area contributed by atoms with E-state index in [1.807, 2.05) is 0 Å². The van der Waals surface area contributed by atoms with E-state index in [2.05, 4.69) is 13.8 Å². The fraction of sp³-hybridized carbons (Fsp3) is 1.00. The van der Waals surface area contributed by atoms with Crippen LogP contribution < -0.4 is 0 Å². The van der Waals surface area contributed by atoms with E-state index in [-0.39, 0.29) is 12.2 Å². The second-order valence-corrected chi connectivity index (χ2v) is 10.2. The zero-order valence-electron chi connectivity index (χ0n) is 21.7. The molecular weight excluding hydrogens is 380 g/mol. The molecule has 2 N–H and O–H groups in total. The molecule has 2 atom stereocenters. The highest BCUT2D eigenvalue weighted by atomic mass is 16.3. The number of aliphatic hydroxyl groups is 2. The highest BCUT2D eigenvalue weighted by molar-refractivity contribution is 4.64. The molecule has 0 aliphatic carbocycles. The van der Waals surface area contributed by atoms with Crippen LogP contribution in [0.5, 0.6) is 0 Å². The Balaban J connectivity index is 3.16. The van der Waals surface area contributed by atoms with Crippen LogP contribution in [-0.2, 0) is 0 Å². The Kier molecular flexibility index (Phi) is 26.1. The van der Waals surface area contributed by atoms with Crippen LogP contribution in [0, 0.1) is 0 Å². The molecular formula is C29H60O2. The van der Waals surface area contributed by atoms with E-state index in [4.69, 9.17) is 0 Å². The van der Waals surface area contributed by atoms with E-state index in [0.29, 0.717) is 6.42 Å². The molecule has 0 saturated carbocycles. The quantitative estimate of drug-likeness (QED) is 0.131. The first-order chi connectivity index (χ1) is 15.2. The zero-order valence-corrected chi connectivity index (χ0v) is 21.7. The normalized spacial score (nSPS) is 13.5. The number of unbranched alkanes of at least 4 members (excludes halogenated alkanes) is 20. The lowest BCUT2D eigenvalue weighted by molar-refractivity contribution is 0.0681. The summed E-state index contributed by atoms with van der Waals surface area (Å²) in [5.41, 5.74) is 0. The first kappa shape index (κ1) is 30.9. The Labute approximate surface area is 197 Å². The van der Waals surface area contributed by atoms with E-state index in [1.54, 1.807) is 0 Å². The number of hydrogen-bond donors (Lipinski definition) is 2. The van der Waals surface area contributed by atoms with Gasteiger partial charge in [-0.1, -0.05) is 155 Å². The van der Waals surface area contributed by atoms with E-state index >= 15 is 0 Å². The van der Waals surface area contributed by atoms with E-state index < -0.39 is 0 Å². The molecule has 2 nitrogen and oxygen atoms in total. The first-order valence-electron chi connectivity index (χ1n) is 14.6. The van der Waals surface area contributed by atoms with Crippen molar-refractivity contribution in [2.75, 3.05) is 0 Å². The summed E-state index contributed by atoms with van der Waals surface area (Å²) in [5.74, 6) is 0. The smallest absolute Gasteiger partial charge is 0.0564 e. The molecule has 0 heterocycles. The van der Waals surface area contributed by atoms with Crippen LogP contribution >= 0.6 is 0 Å². The fourth-order valence-electron chi connectivity index (χ4n) is 4.64. The molecule has 0 aromatic carbocycles. The zero-order chi connectivity index (χ0) is 22.8. The third-order valence-corrected chi connectivity index (χ3v) is 6.83. The van der Waals surface area contributed by atoms with Crippen molar-refractivity contribution in [1.82, 2.24) is 0 Å². The van der Waals surface area contributed by atoms with Crippen molar-refractivity contribution in [3.63, 3.8) is 0 Å². The van der Waals surface area contributed by atoms with Gasteiger partial charge in [0.1, 0.15) is 0 Å². The van der Waals surface area contributed by atoms with Gasteiger partial charge in [-0.25, -0.2) is 0 Å². The number of rotatable bonds is 26. The third-order valence-electron chi connectivity index (χ3n) is 6.83. The summed E-state index contributed by atoms with van der Waals surface area (Å²) >= 11 is 0. The highest BCUT2D eigenvalue weighted by Gasteiger charge is 2.11. The van der Waals surface area contributed by atoms with Gasteiger partial charge in [-0.15, -0.1) is 0 Å². The summed E-state index contributed by atoms with van der Waals surface area (Å²) in [5, 5.41) is 20.0. The van der Waals surface area contributed by atoms with Gasteiger partial charge in [0, 0.05) is 0 Å². The minimum Gasteiger partial charge on any atom is -0.393 e. The lowest BCUT2D eigenvalue weighted by atomic mass is 10.00. The summed E-state index contributed by atoms with van der Waals surface area (Å²) in [6, 6.07) is 0. The molecule has 188 valence electrons. The van der Waals surface area contributed by atoms with Gasteiger partial charge in [-0.2, -0.15) is 0 Å². The molecule has 0 radical (unpaired) electrons. The van der Waals surface area contributed by atoms with E-state index in [9.17, 15) is 10.2 Å². The Morgan fingerprint density at radius 1 is 0.355 bits per heavy atom. The Morgan fingerprint density at radius 3 is 0.903 bits per heavy atom. The van der Waals surface area contributed by atoms with Crippen LogP contribution in [0.2, 0.25) is 0 Å². The molecule has 0 amide bonds. The van der Waals surface area contributed by atoms with Crippen molar-refractivity contribution in [1.29, 1.82) is 0 Å². The van der Waals surface area contributed by atoms with E-state index in [1.165, 1.54) is 128 Å². The maximum atomic E-state index is 10.1. The molecule has 0 aromatic heterocycles. The van der Waals surface area contributed by atoms with Gasteiger partial charge in [0.25, 0.3) is 0 Å². The fourth-order valence-corrected chi connectivity index (χ4v) is 4.64. The highest BCUT2D eigenvalue weighted by Crippen LogP contribution is 2.16. The van der Waals surface area contributed by atoms with Gasteiger partial charge in [0.2, 0.25) is 0 Å². The predicted molar refractivity (Wildman–Crippen MR) is 139 cm³/mol. The molecule has 0 spiro atoms. The van der Waals surface area contributed by atoms with Gasteiger partial charge in [0.05, 0.1) is 12.2 Å². The maximum Gasteiger partial charge on any atom is 0.0564 e. The van der Waals surface area contributed by atoms with Gasteiger partial charge in [0.15, 0.2) is 0 Å². The SMILES string of the molecule is CCCCCCCCCCCCCCCCCCCCC[C@H](O)C[C@H](O)CCCCC. The molecule has 0 rings (SSSR count). The summed E-state index contributed by atoms with van der Waals surface area (Å²) in [6.45, 7) is 4.47. The van der Waals surface area contributed by atoms with Crippen LogP contribution in [0.15, 0.2) is 0 Å². The maximum absolute atomic E-state index is 10.1. The lowest BCUT2D eigenvalue weighted by Gasteiger charge is -2.15. The van der Waals surface area contributed by atoms with Crippen LogP contribution in [-0.4, -0.2) is 22.4 Å². The van der Waals surface area contributed by atoms with Crippen molar-refractivity contribution in [2.45, 2.75) is 187 Å². The molecule has 0 aliphatic rings. The van der Waals surface area contributed by atoms with Crippen molar-refractivity contribution in [3.8, 4) is 0 Å². The largest absolute Gasteiger partial charge is 0.393 e. The van der Waals surface area contributed by atoms with Gasteiger partial charge in [-0.3, -0.25) is 0 Å². The second kappa shape index (κ2) is 26.2. The minimum absolute atomic E-state index is 0.303. The van der Waals surface area contributed by atoms with Gasteiger partial charge < -0.3 is 10.2 Å². The van der Waals surface area contributed by atoms with Crippen LogP contribution in [0.3, 0.4) is 0 Å². The molecule has 0 aromatic rings. The number of hydrogen-bond acceptors (Lipinski definition) is 2. The van der Waals surface area contributed by atoms with Crippen molar-refractivity contribution >= 4 is 0 Å². The minimum atomic E-state index is -0.304. The van der Waals surface area contributed by atoms with Crippen molar-refractivity contribution in [3.05, 3.63) is 0 Å². The summed E-state index contributed by atoms with van der Waals surface area (Å²) in [4.78, 5) is 0. The third kappa shape index (κ3) is 26.1. The van der Waals surface area contributed by atoms with Gasteiger partial charge >= 0.3 is 0 Å². The molecule has 0 saturated heterocycles. The molecule has 31 heavy (non-hydrogen) atoms. The van der Waals surface area contributed by atoms with Crippen LogP contribution in [0.1, 0.15) is 174 Å². The Bertz CT molecular complexity index is 318. The van der Waals surface area contributed by atoms with Crippen molar-refractivity contribution < 1.29 is 10.2 Å².